The van der Waals surface area contributed by atoms with Crippen molar-refractivity contribution in [2.45, 2.75) is 12.5 Å². The predicted octanol–water partition coefficient (Wildman–Crippen LogP) is 4.19. The molecular formula is C16H12Cl2O3. The maximum atomic E-state index is 12.6. The number of hydrogen-bond acceptors (Lipinski definition) is 3. The van der Waals surface area contributed by atoms with Gasteiger partial charge in [-0.15, -0.1) is 0 Å². The minimum atomic E-state index is -0.565. The maximum absolute atomic E-state index is 12.6. The molecule has 2 aromatic carbocycles. The fourth-order valence-electron chi connectivity index (χ4n) is 2.38. The summed E-state index contributed by atoms with van der Waals surface area (Å²) in [5, 5.41) is 0.654. The summed E-state index contributed by atoms with van der Waals surface area (Å²) < 4.78 is 10.8. The van der Waals surface area contributed by atoms with Crippen molar-refractivity contribution in [2.75, 3.05) is 7.11 Å². The zero-order valence-corrected chi connectivity index (χ0v) is 12.7. The van der Waals surface area contributed by atoms with E-state index in [1.165, 1.54) is 13.2 Å². The van der Waals surface area contributed by atoms with Crippen molar-refractivity contribution in [1.82, 2.24) is 0 Å². The molecule has 3 rings (SSSR count). The van der Waals surface area contributed by atoms with Crippen LogP contribution in [0, 0.1) is 0 Å². The highest BCUT2D eigenvalue weighted by molar-refractivity contribution is 6.37. The third kappa shape index (κ3) is 2.59. The van der Waals surface area contributed by atoms with Crippen LogP contribution < -0.4 is 9.47 Å². The second kappa shape index (κ2) is 5.58. The van der Waals surface area contributed by atoms with E-state index < -0.39 is 6.10 Å². The fraction of sp³-hybridized carbons (Fsp3) is 0.188. The number of ketones is 1. The second-order valence-electron chi connectivity index (χ2n) is 4.75. The molecule has 2 aromatic rings. The van der Waals surface area contributed by atoms with Gasteiger partial charge in [-0.05, 0) is 17.7 Å². The first kappa shape index (κ1) is 14.2. The number of fused-ring (bicyclic) bond motifs is 1. The van der Waals surface area contributed by atoms with Crippen molar-refractivity contribution in [2.24, 2.45) is 0 Å². The number of para-hydroxylation sites is 1. The van der Waals surface area contributed by atoms with Gasteiger partial charge in [-0.1, -0.05) is 41.4 Å². The van der Waals surface area contributed by atoms with Crippen LogP contribution in [0.5, 0.6) is 11.5 Å². The average molecular weight is 323 g/mol. The van der Waals surface area contributed by atoms with Gasteiger partial charge >= 0.3 is 0 Å². The predicted molar refractivity (Wildman–Crippen MR) is 81.9 cm³/mol. The van der Waals surface area contributed by atoms with Crippen LogP contribution in [0.4, 0.5) is 0 Å². The number of ether oxygens (including phenoxy) is 2. The van der Waals surface area contributed by atoms with Crippen LogP contribution in [0.2, 0.25) is 10.0 Å². The zero-order chi connectivity index (χ0) is 15.0. The molecule has 1 aliphatic heterocycles. The quantitative estimate of drug-likeness (QED) is 0.795. The van der Waals surface area contributed by atoms with E-state index in [9.17, 15) is 4.79 Å². The molecule has 3 nitrogen and oxygen atoms in total. The SMILES string of the molecule is COc1cc(Cl)c(C(=O)C2Cc3ccccc3O2)cc1Cl. The molecule has 108 valence electrons. The molecule has 0 radical (unpaired) electrons. The highest BCUT2D eigenvalue weighted by Gasteiger charge is 2.31. The standard InChI is InChI=1S/C16H12Cl2O3/c1-20-14-8-11(17)10(7-12(14)18)16(19)15-6-9-4-2-3-5-13(9)21-15/h2-5,7-8,15H,6H2,1H3. The van der Waals surface area contributed by atoms with Crippen molar-refractivity contribution < 1.29 is 14.3 Å². The molecule has 0 saturated carbocycles. The van der Waals surface area contributed by atoms with Crippen LogP contribution in [-0.4, -0.2) is 19.0 Å². The van der Waals surface area contributed by atoms with E-state index in [4.69, 9.17) is 32.7 Å². The van der Waals surface area contributed by atoms with E-state index >= 15 is 0 Å². The highest BCUT2D eigenvalue weighted by atomic mass is 35.5. The lowest BCUT2D eigenvalue weighted by Gasteiger charge is -2.12. The lowest BCUT2D eigenvalue weighted by atomic mass is 10.0. The number of methoxy groups -OCH3 is 1. The Labute approximate surface area is 132 Å². The lowest BCUT2D eigenvalue weighted by molar-refractivity contribution is 0.0825. The van der Waals surface area contributed by atoms with Crippen molar-refractivity contribution in [1.29, 1.82) is 0 Å². The molecule has 0 amide bonds. The number of hydrogen-bond donors (Lipinski definition) is 0. The lowest BCUT2D eigenvalue weighted by Crippen LogP contribution is -2.25. The van der Waals surface area contributed by atoms with Crippen molar-refractivity contribution >= 4 is 29.0 Å². The number of halogens is 2. The second-order valence-corrected chi connectivity index (χ2v) is 5.56. The monoisotopic (exact) mass is 322 g/mol. The third-order valence-electron chi connectivity index (χ3n) is 3.45. The van der Waals surface area contributed by atoms with Gasteiger partial charge in [0.1, 0.15) is 11.5 Å². The number of benzene rings is 2. The van der Waals surface area contributed by atoms with Crippen LogP contribution in [0.1, 0.15) is 15.9 Å². The van der Waals surface area contributed by atoms with Crippen LogP contribution in [0.3, 0.4) is 0 Å². The molecule has 5 heteroatoms. The van der Waals surface area contributed by atoms with Crippen LogP contribution in [0.25, 0.3) is 0 Å². The zero-order valence-electron chi connectivity index (χ0n) is 11.2. The van der Waals surface area contributed by atoms with Crippen molar-refractivity contribution in [3.63, 3.8) is 0 Å². The maximum Gasteiger partial charge on any atom is 0.205 e. The van der Waals surface area contributed by atoms with Gasteiger partial charge < -0.3 is 9.47 Å². The molecule has 0 fully saturated rings. The average Bonchev–Trinajstić information content (AvgIpc) is 2.92. The minimum Gasteiger partial charge on any atom is -0.495 e. The smallest absolute Gasteiger partial charge is 0.205 e. The van der Waals surface area contributed by atoms with Gasteiger partial charge in [-0.25, -0.2) is 0 Å². The molecule has 1 heterocycles. The Balaban J connectivity index is 1.89. The normalized spacial score (nSPS) is 16.2. The highest BCUT2D eigenvalue weighted by Crippen LogP contribution is 2.34. The van der Waals surface area contributed by atoms with E-state index in [1.807, 2.05) is 24.3 Å². The fourth-order valence-corrected chi connectivity index (χ4v) is 2.86. The summed E-state index contributed by atoms with van der Waals surface area (Å²) in [7, 11) is 1.50. The van der Waals surface area contributed by atoms with Crippen molar-refractivity contribution in [3.05, 3.63) is 57.6 Å². The topological polar surface area (TPSA) is 35.5 Å². The molecule has 1 unspecified atom stereocenters. The Kier molecular flexibility index (Phi) is 3.79. The molecule has 0 saturated heterocycles. The Morgan fingerprint density at radius 3 is 2.71 bits per heavy atom. The van der Waals surface area contributed by atoms with Gasteiger partial charge in [0, 0.05) is 18.1 Å². The molecule has 0 N–H and O–H groups in total. The first-order chi connectivity index (χ1) is 10.1. The van der Waals surface area contributed by atoms with E-state index in [0.29, 0.717) is 27.8 Å². The number of carbonyl (C=O) groups excluding carboxylic acids is 1. The molecule has 0 spiro atoms. The molecule has 1 atom stereocenters. The molecular weight excluding hydrogens is 311 g/mol. The first-order valence-corrected chi connectivity index (χ1v) is 7.17. The van der Waals surface area contributed by atoms with Crippen LogP contribution >= 0.6 is 23.2 Å². The minimum absolute atomic E-state index is 0.180. The van der Waals surface area contributed by atoms with Gasteiger partial charge in [0.05, 0.1) is 17.2 Å². The Morgan fingerprint density at radius 2 is 2.00 bits per heavy atom. The van der Waals surface area contributed by atoms with Gasteiger partial charge in [0.25, 0.3) is 0 Å². The van der Waals surface area contributed by atoms with Crippen LogP contribution in [-0.2, 0) is 6.42 Å². The Hall–Kier alpha value is -1.71. The molecule has 21 heavy (non-hydrogen) atoms. The summed E-state index contributed by atoms with van der Waals surface area (Å²) in [6.07, 6.45) is -0.0287. The van der Waals surface area contributed by atoms with Gasteiger partial charge in [-0.2, -0.15) is 0 Å². The molecule has 0 aliphatic carbocycles. The van der Waals surface area contributed by atoms with E-state index in [0.717, 1.165) is 11.3 Å². The molecule has 1 aliphatic rings. The van der Waals surface area contributed by atoms with E-state index in [1.54, 1.807) is 6.07 Å². The summed E-state index contributed by atoms with van der Waals surface area (Å²) in [6.45, 7) is 0. The van der Waals surface area contributed by atoms with Crippen molar-refractivity contribution in [3.8, 4) is 11.5 Å². The largest absolute Gasteiger partial charge is 0.495 e. The third-order valence-corrected chi connectivity index (χ3v) is 4.05. The van der Waals surface area contributed by atoms with Gasteiger partial charge in [0.2, 0.25) is 5.78 Å². The number of rotatable bonds is 3. The summed E-state index contributed by atoms with van der Waals surface area (Å²) in [5.74, 6) is 1.00. The summed E-state index contributed by atoms with van der Waals surface area (Å²) in [5.41, 5.74) is 1.37. The summed E-state index contributed by atoms with van der Waals surface area (Å²) in [6, 6.07) is 10.7. The van der Waals surface area contributed by atoms with Gasteiger partial charge in [0.15, 0.2) is 6.10 Å². The summed E-state index contributed by atoms with van der Waals surface area (Å²) >= 11 is 12.2. The van der Waals surface area contributed by atoms with E-state index in [2.05, 4.69) is 0 Å². The Morgan fingerprint density at radius 1 is 1.24 bits per heavy atom. The summed E-state index contributed by atoms with van der Waals surface area (Å²) in [4.78, 5) is 12.6. The van der Waals surface area contributed by atoms with E-state index in [-0.39, 0.29) is 5.78 Å². The molecule has 0 aromatic heterocycles. The first-order valence-electron chi connectivity index (χ1n) is 6.42. The van der Waals surface area contributed by atoms with Crippen LogP contribution in [0.15, 0.2) is 36.4 Å². The number of Topliss-reactive ketones (excluding diaryl/α,β-unsaturated/α-hetero) is 1. The molecule has 0 bridgehead atoms. The Bertz CT molecular complexity index is 688. The number of carbonyl (C=O) groups is 1. The van der Waals surface area contributed by atoms with Gasteiger partial charge in [-0.3, -0.25) is 4.79 Å².